The summed E-state index contributed by atoms with van der Waals surface area (Å²) < 4.78 is 63.8. The molecule has 0 radical (unpaired) electrons. The van der Waals surface area contributed by atoms with Crippen LogP contribution in [0.4, 0.5) is 18.9 Å². The summed E-state index contributed by atoms with van der Waals surface area (Å²) in [4.78, 5) is 0.800. The van der Waals surface area contributed by atoms with Gasteiger partial charge in [-0.15, -0.1) is 11.3 Å². The first-order chi connectivity index (χ1) is 9.18. The van der Waals surface area contributed by atoms with E-state index < -0.39 is 21.8 Å². The fraction of sp³-hybridized carbons (Fsp3) is 0.167. The number of anilines is 1. The third kappa shape index (κ3) is 3.31. The molecule has 0 fully saturated rings. The number of sulfonamides is 1. The summed E-state index contributed by atoms with van der Waals surface area (Å²) in [5.41, 5.74) is -1.02. The average Bonchev–Trinajstić information content (AvgIpc) is 2.75. The highest BCUT2D eigenvalue weighted by atomic mass is 32.2. The Morgan fingerprint density at radius 2 is 1.85 bits per heavy atom. The SMILES string of the molecule is Cc1ccc(S(=O)(=O)Nc2cccc(C(F)(F)F)c2)s1. The molecule has 8 heteroatoms. The molecule has 0 atom stereocenters. The lowest BCUT2D eigenvalue weighted by Gasteiger charge is -2.10. The standard InChI is InChI=1S/C12H10F3NO2S2/c1-8-5-6-11(19-8)20(17,18)16-10-4-2-3-9(7-10)12(13,14)15/h2-7,16H,1H3. The van der Waals surface area contributed by atoms with Crippen molar-refractivity contribution in [3.8, 4) is 0 Å². The van der Waals surface area contributed by atoms with Crippen molar-refractivity contribution in [1.29, 1.82) is 0 Å². The molecule has 0 bridgehead atoms. The molecule has 0 aliphatic heterocycles. The molecule has 1 N–H and O–H groups in total. The van der Waals surface area contributed by atoms with E-state index in [0.717, 1.165) is 34.4 Å². The lowest BCUT2D eigenvalue weighted by atomic mass is 10.2. The van der Waals surface area contributed by atoms with Crippen LogP contribution in [-0.2, 0) is 16.2 Å². The molecule has 0 amide bonds. The second-order valence-electron chi connectivity index (χ2n) is 4.05. The number of thiophene rings is 1. The number of nitrogens with one attached hydrogen (secondary N) is 1. The fourth-order valence-corrected chi connectivity index (χ4v) is 3.85. The Bertz CT molecular complexity index is 720. The molecule has 1 aromatic heterocycles. The van der Waals surface area contributed by atoms with Gasteiger partial charge >= 0.3 is 6.18 Å². The first kappa shape index (κ1) is 14.9. The van der Waals surface area contributed by atoms with Crippen LogP contribution in [0.1, 0.15) is 10.4 Å². The predicted molar refractivity (Wildman–Crippen MR) is 71.3 cm³/mol. The van der Waals surface area contributed by atoms with Gasteiger partial charge in [0, 0.05) is 10.6 Å². The van der Waals surface area contributed by atoms with Gasteiger partial charge in [0.15, 0.2) is 0 Å². The van der Waals surface area contributed by atoms with E-state index in [0.29, 0.717) is 0 Å². The van der Waals surface area contributed by atoms with Crippen molar-refractivity contribution in [2.75, 3.05) is 4.72 Å². The van der Waals surface area contributed by atoms with Crippen LogP contribution in [0.2, 0.25) is 0 Å². The Labute approximate surface area is 118 Å². The smallest absolute Gasteiger partial charge is 0.279 e. The molecule has 3 nitrogen and oxygen atoms in total. The Morgan fingerprint density at radius 1 is 1.15 bits per heavy atom. The predicted octanol–water partition coefficient (Wildman–Crippen LogP) is 3.88. The molecule has 1 heterocycles. The van der Waals surface area contributed by atoms with E-state index in [9.17, 15) is 21.6 Å². The highest BCUT2D eigenvalue weighted by Crippen LogP contribution is 2.31. The summed E-state index contributed by atoms with van der Waals surface area (Å²) >= 11 is 1.05. The van der Waals surface area contributed by atoms with Crippen molar-refractivity contribution in [3.63, 3.8) is 0 Å². The molecule has 1 aromatic carbocycles. The zero-order valence-electron chi connectivity index (χ0n) is 10.2. The third-order valence-electron chi connectivity index (χ3n) is 2.42. The maximum absolute atomic E-state index is 12.6. The van der Waals surface area contributed by atoms with Crippen LogP contribution in [0.25, 0.3) is 0 Å². The third-order valence-corrected chi connectivity index (χ3v) is 5.30. The molecule has 108 valence electrons. The summed E-state index contributed by atoms with van der Waals surface area (Å²) in [5.74, 6) is 0. The molecule has 0 aliphatic rings. The second kappa shape index (κ2) is 5.10. The number of halogens is 3. The van der Waals surface area contributed by atoms with Gasteiger partial charge in [0.05, 0.1) is 5.56 Å². The minimum absolute atomic E-state index is 0.0624. The summed E-state index contributed by atoms with van der Waals surface area (Å²) in [6.07, 6.45) is -4.51. The van der Waals surface area contributed by atoms with E-state index >= 15 is 0 Å². The van der Waals surface area contributed by atoms with Gasteiger partial charge in [-0.1, -0.05) is 6.07 Å². The van der Waals surface area contributed by atoms with Crippen LogP contribution in [-0.4, -0.2) is 8.42 Å². The van der Waals surface area contributed by atoms with Crippen molar-refractivity contribution in [2.24, 2.45) is 0 Å². The molecular weight excluding hydrogens is 311 g/mol. The zero-order chi connectivity index (χ0) is 15.0. The lowest BCUT2D eigenvalue weighted by Crippen LogP contribution is -2.12. The molecule has 0 spiro atoms. The number of hydrogen-bond donors (Lipinski definition) is 1. The second-order valence-corrected chi connectivity index (χ2v) is 7.25. The Hall–Kier alpha value is -1.54. The van der Waals surface area contributed by atoms with Crippen LogP contribution in [0, 0.1) is 6.92 Å². The van der Waals surface area contributed by atoms with Gasteiger partial charge in [0.2, 0.25) is 0 Å². The molecule has 0 unspecified atom stereocenters. The summed E-state index contributed by atoms with van der Waals surface area (Å²) in [7, 11) is -3.85. The zero-order valence-corrected chi connectivity index (χ0v) is 11.9. The van der Waals surface area contributed by atoms with Crippen LogP contribution in [0.15, 0.2) is 40.6 Å². The van der Waals surface area contributed by atoms with E-state index in [1.165, 1.54) is 12.1 Å². The molecule has 0 saturated heterocycles. The van der Waals surface area contributed by atoms with Gasteiger partial charge in [-0.3, -0.25) is 4.72 Å². The average molecular weight is 321 g/mol. The van der Waals surface area contributed by atoms with Gasteiger partial charge in [0.1, 0.15) is 4.21 Å². The largest absolute Gasteiger partial charge is 0.416 e. The van der Waals surface area contributed by atoms with Gasteiger partial charge in [-0.25, -0.2) is 8.42 Å². The number of rotatable bonds is 3. The van der Waals surface area contributed by atoms with Gasteiger partial charge in [-0.2, -0.15) is 13.2 Å². The molecule has 0 aliphatic carbocycles. The minimum atomic E-state index is -4.51. The minimum Gasteiger partial charge on any atom is -0.279 e. The number of hydrogen-bond acceptors (Lipinski definition) is 3. The first-order valence-corrected chi connectivity index (χ1v) is 7.75. The lowest BCUT2D eigenvalue weighted by molar-refractivity contribution is -0.137. The van der Waals surface area contributed by atoms with Crippen molar-refractivity contribution < 1.29 is 21.6 Å². The van der Waals surface area contributed by atoms with Crippen LogP contribution in [0.3, 0.4) is 0 Å². The Morgan fingerprint density at radius 3 is 2.40 bits per heavy atom. The van der Waals surface area contributed by atoms with E-state index in [-0.39, 0.29) is 9.90 Å². The molecule has 20 heavy (non-hydrogen) atoms. The summed E-state index contributed by atoms with van der Waals surface area (Å²) in [6, 6.07) is 7.11. The molecule has 2 aromatic rings. The van der Waals surface area contributed by atoms with Crippen LogP contribution < -0.4 is 4.72 Å². The van der Waals surface area contributed by atoms with Gasteiger partial charge in [-0.05, 0) is 37.3 Å². The van der Waals surface area contributed by atoms with Crippen molar-refractivity contribution in [2.45, 2.75) is 17.3 Å². The molecular formula is C12H10F3NO2S2. The Kier molecular flexibility index (Phi) is 3.79. The monoisotopic (exact) mass is 321 g/mol. The maximum atomic E-state index is 12.6. The van der Waals surface area contributed by atoms with E-state index in [1.54, 1.807) is 13.0 Å². The normalized spacial score (nSPS) is 12.4. The molecule has 0 saturated carbocycles. The maximum Gasteiger partial charge on any atom is 0.416 e. The summed E-state index contributed by atoms with van der Waals surface area (Å²) in [5, 5.41) is 0. The van der Waals surface area contributed by atoms with Crippen molar-refractivity contribution in [3.05, 3.63) is 46.8 Å². The van der Waals surface area contributed by atoms with Crippen LogP contribution >= 0.6 is 11.3 Å². The number of benzene rings is 1. The molecule has 2 rings (SSSR count). The highest BCUT2D eigenvalue weighted by Gasteiger charge is 2.30. The highest BCUT2D eigenvalue weighted by molar-refractivity contribution is 7.94. The van der Waals surface area contributed by atoms with Gasteiger partial charge < -0.3 is 0 Å². The summed E-state index contributed by atoms with van der Waals surface area (Å²) in [6.45, 7) is 1.74. The number of alkyl halides is 3. The van der Waals surface area contributed by atoms with E-state index in [2.05, 4.69) is 4.72 Å². The number of aryl methyl sites for hydroxylation is 1. The quantitative estimate of drug-likeness (QED) is 0.932. The van der Waals surface area contributed by atoms with Crippen molar-refractivity contribution in [1.82, 2.24) is 0 Å². The van der Waals surface area contributed by atoms with E-state index in [1.807, 2.05) is 0 Å². The van der Waals surface area contributed by atoms with Crippen LogP contribution in [0.5, 0.6) is 0 Å². The topological polar surface area (TPSA) is 46.2 Å². The Balaban J connectivity index is 2.31. The first-order valence-electron chi connectivity index (χ1n) is 5.45. The van der Waals surface area contributed by atoms with Crippen molar-refractivity contribution >= 4 is 27.0 Å². The fourth-order valence-electron chi connectivity index (χ4n) is 1.52. The van der Waals surface area contributed by atoms with E-state index in [4.69, 9.17) is 0 Å². The van der Waals surface area contributed by atoms with Gasteiger partial charge in [0.25, 0.3) is 10.0 Å².